The number of anilines is 1. The monoisotopic (exact) mass is 296 g/mol. The summed E-state index contributed by atoms with van der Waals surface area (Å²) in [5, 5.41) is 6.64. The van der Waals surface area contributed by atoms with Crippen molar-refractivity contribution >= 4 is 23.4 Å². The van der Waals surface area contributed by atoms with E-state index in [-0.39, 0.29) is 0 Å². The summed E-state index contributed by atoms with van der Waals surface area (Å²) in [5.41, 5.74) is 1.31. The molecule has 1 heterocycles. The Hall–Kier alpha value is -1.26. The first kappa shape index (κ1) is 15.1. The molecule has 1 aliphatic rings. The topological polar surface area (TPSA) is 50.4 Å². The van der Waals surface area contributed by atoms with Crippen molar-refractivity contribution < 1.29 is 9.53 Å². The Bertz CT molecular complexity index is 493. The predicted octanol–water partition coefficient (Wildman–Crippen LogP) is 3.45. The molecule has 1 amide bonds. The van der Waals surface area contributed by atoms with Crippen molar-refractivity contribution in [1.82, 2.24) is 5.32 Å². The van der Waals surface area contributed by atoms with Gasteiger partial charge in [0.1, 0.15) is 5.60 Å². The minimum absolute atomic E-state index is 0.451. The molecule has 1 saturated heterocycles. The molecule has 0 radical (unpaired) electrons. The van der Waals surface area contributed by atoms with E-state index in [0.29, 0.717) is 10.9 Å². The Morgan fingerprint density at radius 2 is 2.15 bits per heavy atom. The number of rotatable bonds is 3. The van der Waals surface area contributed by atoms with E-state index in [4.69, 9.17) is 16.3 Å². The van der Waals surface area contributed by atoms with Crippen LogP contribution >= 0.6 is 11.6 Å². The zero-order valence-electron chi connectivity index (χ0n) is 12.1. The lowest BCUT2D eigenvalue weighted by Gasteiger charge is -2.28. The molecule has 2 rings (SSSR count). The zero-order chi connectivity index (χ0) is 14.8. The second kappa shape index (κ2) is 6.02. The fraction of sp³-hybridized carbons (Fsp3) is 0.533. The highest BCUT2D eigenvalue weighted by Gasteiger charge is 2.21. The van der Waals surface area contributed by atoms with E-state index in [1.807, 2.05) is 32.9 Å². The van der Waals surface area contributed by atoms with E-state index in [2.05, 4.69) is 10.6 Å². The average molecular weight is 297 g/mol. The second-order valence-corrected chi connectivity index (χ2v) is 6.59. The SMILES string of the molecule is CC(C)(C)OC(=O)Nc1cc(Cl)ccc1CC1CNC1. The molecule has 0 unspecified atom stereocenters. The lowest BCUT2D eigenvalue weighted by Crippen LogP contribution is -2.43. The molecule has 0 spiro atoms. The fourth-order valence-corrected chi connectivity index (χ4v) is 2.23. The summed E-state index contributed by atoms with van der Waals surface area (Å²) in [7, 11) is 0. The third-order valence-electron chi connectivity index (χ3n) is 3.08. The molecule has 110 valence electrons. The average Bonchev–Trinajstić information content (AvgIpc) is 2.22. The van der Waals surface area contributed by atoms with E-state index in [1.165, 1.54) is 0 Å². The molecule has 20 heavy (non-hydrogen) atoms. The van der Waals surface area contributed by atoms with Gasteiger partial charge < -0.3 is 10.1 Å². The van der Waals surface area contributed by atoms with E-state index in [0.717, 1.165) is 30.8 Å². The molecule has 0 bridgehead atoms. The first-order valence-corrected chi connectivity index (χ1v) is 7.20. The minimum atomic E-state index is -0.513. The molecular weight excluding hydrogens is 276 g/mol. The fourth-order valence-electron chi connectivity index (χ4n) is 2.06. The molecule has 1 aromatic carbocycles. The van der Waals surface area contributed by atoms with Gasteiger partial charge in [-0.1, -0.05) is 17.7 Å². The summed E-state index contributed by atoms with van der Waals surface area (Å²) in [6.07, 6.45) is 0.475. The summed E-state index contributed by atoms with van der Waals surface area (Å²) < 4.78 is 5.28. The maximum absolute atomic E-state index is 11.9. The van der Waals surface area contributed by atoms with Gasteiger partial charge in [-0.15, -0.1) is 0 Å². The molecule has 1 aliphatic heterocycles. The lowest BCUT2D eigenvalue weighted by molar-refractivity contribution is 0.0635. The number of ether oxygens (including phenoxy) is 1. The van der Waals surface area contributed by atoms with Crippen molar-refractivity contribution in [2.45, 2.75) is 32.8 Å². The maximum Gasteiger partial charge on any atom is 0.412 e. The van der Waals surface area contributed by atoms with Gasteiger partial charge in [0.15, 0.2) is 0 Å². The lowest BCUT2D eigenvalue weighted by atomic mass is 9.93. The van der Waals surface area contributed by atoms with E-state index < -0.39 is 11.7 Å². The highest BCUT2D eigenvalue weighted by atomic mass is 35.5. The number of carbonyl (C=O) groups excluding carboxylic acids is 1. The Balaban J connectivity index is 2.08. The van der Waals surface area contributed by atoms with Crippen LogP contribution in [0.3, 0.4) is 0 Å². The predicted molar refractivity (Wildman–Crippen MR) is 81.4 cm³/mol. The molecule has 0 saturated carbocycles. The van der Waals surface area contributed by atoms with E-state index in [1.54, 1.807) is 6.07 Å². The summed E-state index contributed by atoms with van der Waals surface area (Å²) in [5.74, 6) is 0.621. The van der Waals surface area contributed by atoms with Crippen LogP contribution in [0.1, 0.15) is 26.3 Å². The first-order chi connectivity index (χ1) is 9.33. The number of carbonyl (C=O) groups is 1. The Morgan fingerprint density at radius 3 is 2.70 bits per heavy atom. The van der Waals surface area contributed by atoms with Gasteiger partial charge in [0.25, 0.3) is 0 Å². The number of hydrogen-bond acceptors (Lipinski definition) is 3. The molecule has 4 nitrogen and oxygen atoms in total. The molecule has 0 atom stereocenters. The van der Waals surface area contributed by atoms with Gasteiger partial charge in [-0.25, -0.2) is 4.79 Å². The van der Waals surface area contributed by atoms with Gasteiger partial charge >= 0.3 is 6.09 Å². The maximum atomic E-state index is 11.9. The van der Waals surface area contributed by atoms with Crippen LogP contribution in [0.2, 0.25) is 5.02 Å². The van der Waals surface area contributed by atoms with Crippen molar-refractivity contribution in [1.29, 1.82) is 0 Å². The van der Waals surface area contributed by atoms with Gasteiger partial charge in [-0.05, 0) is 63.9 Å². The third-order valence-corrected chi connectivity index (χ3v) is 3.32. The molecule has 1 aromatic rings. The van der Waals surface area contributed by atoms with Crippen LogP contribution in [0.25, 0.3) is 0 Å². The smallest absolute Gasteiger partial charge is 0.412 e. The van der Waals surface area contributed by atoms with Gasteiger partial charge in [-0.2, -0.15) is 0 Å². The summed E-state index contributed by atoms with van der Waals surface area (Å²) in [6.45, 7) is 7.56. The normalized spacial score (nSPS) is 15.6. The van der Waals surface area contributed by atoms with Crippen LogP contribution in [0, 0.1) is 5.92 Å². The number of halogens is 1. The van der Waals surface area contributed by atoms with Crippen molar-refractivity contribution in [2.24, 2.45) is 5.92 Å². The van der Waals surface area contributed by atoms with Crippen molar-refractivity contribution in [2.75, 3.05) is 18.4 Å². The Kier molecular flexibility index (Phi) is 4.55. The molecule has 0 aliphatic carbocycles. The quantitative estimate of drug-likeness (QED) is 0.898. The Morgan fingerprint density at radius 1 is 1.45 bits per heavy atom. The summed E-state index contributed by atoms with van der Waals surface area (Å²) in [6, 6.07) is 5.59. The van der Waals surface area contributed by atoms with Crippen LogP contribution in [0.15, 0.2) is 18.2 Å². The highest BCUT2D eigenvalue weighted by Crippen LogP contribution is 2.25. The van der Waals surface area contributed by atoms with Crippen LogP contribution in [0.5, 0.6) is 0 Å². The molecular formula is C15H21ClN2O2. The van der Waals surface area contributed by atoms with Gasteiger partial charge in [0, 0.05) is 10.7 Å². The first-order valence-electron chi connectivity index (χ1n) is 6.82. The van der Waals surface area contributed by atoms with Gasteiger partial charge in [-0.3, -0.25) is 5.32 Å². The van der Waals surface area contributed by atoms with Gasteiger partial charge in [0.2, 0.25) is 0 Å². The highest BCUT2D eigenvalue weighted by molar-refractivity contribution is 6.31. The molecule has 1 fully saturated rings. The molecule has 2 N–H and O–H groups in total. The zero-order valence-corrected chi connectivity index (χ0v) is 12.9. The third kappa shape index (κ3) is 4.39. The van der Waals surface area contributed by atoms with Crippen LogP contribution in [-0.4, -0.2) is 24.8 Å². The number of nitrogens with one attached hydrogen (secondary N) is 2. The van der Waals surface area contributed by atoms with E-state index in [9.17, 15) is 4.79 Å². The van der Waals surface area contributed by atoms with Gasteiger partial charge in [0.05, 0.1) is 0 Å². The van der Waals surface area contributed by atoms with Crippen molar-refractivity contribution in [3.05, 3.63) is 28.8 Å². The van der Waals surface area contributed by atoms with Crippen LogP contribution in [0.4, 0.5) is 10.5 Å². The standard InChI is InChI=1S/C15H21ClN2O2/c1-15(2,3)20-14(19)18-13-7-12(16)5-4-11(13)6-10-8-17-9-10/h4-5,7,10,17H,6,8-9H2,1-3H3,(H,18,19). The van der Waals surface area contributed by atoms with E-state index >= 15 is 0 Å². The Labute approximate surface area is 124 Å². The molecule has 0 aromatic heterocycles. The van der Waals surface area contributed by atoms with Crippen molar-refractivity contribution in [3.8, 4) is 0 Å². The molecule has 5 heteroatoms. The number of benzene rings is 1. The van der Waals surface area contributed by atoms with Crippen molar-refractivity contribution in [3.63, 3.8) is 0 Å². The second-order valence-electron chi connectivity index (χ2n) is 6.16. The number of amides is 1. The summed E-state index contributed by atoms with van der Waals surface area (Å²) in [4.78, 5) is 11.9. The summed E-state index contributed by atoms with van der Waals surface area (Å²) >= 11 is 6.01. The largest absolute Gasteiger partial charge is 0.444 e. The number of hydrogen-bond donors (Lipinski definition) is 2. The van der Waals surface area contributed by atoms with Crippen LogP contribution in [-0.2, 0) is 11.2 Å². The van der Waals surface area contributed by atoms with Crippen LogP contribution < -0.4 is 10.6 Å². The minimum Gasteiger partial charge on any atom is -0.444 e.